The van der Waals surface area contributed by atoms with Crippen molar-refractivity contribution in [2.45, 2.75) is 13.0 Å². The summed E-state index contributed by atoms with van der Waals surface area (Å²) in [7, 11) is 0. The molecule has 1 atom stereocenters. The number of rotatable bonds is 7. The lowest BCUT2D eigenvalue weighted by Gasteiger charge is -2.13. The third-order valence-corrected chi connectivity index (χ3v) is 3.48. The first kappa shape index (κ1) is 17.1. The van der Waals surface area contributed by atoms with Crippen LogP contribution in [0.2, 0.25) is 5.02 Å². The summed E-state index contributed by atoms with van der Waals surface area (Å²) in [5.41, 5.74) is 0.818. The zero-order valence-electron chi connectivity index (χ0n) is 11.9. The van der Waals surface area contributed by atoms with E-state index in [1.54, 1.807) is 23.9 Å². The Balaban J connectivity index is 2.54. The molecule has 0 fully saturated rings. The van der Waals surface area contributed by atoms with Crippen LogP contribution >= 0.6 is 23.4 Å². The van der Waals surface area contributed by atoms with Gasteiger partial charge in [0.05, 0.1) is 12.6 Å². The Morgan fingerprint density at radius 3 is 2.65 bits per heavy atom. The molecule has 1 unspecified atom stereocenters. The van der Waals surface area contributed by atoms with Crippen molar-refractivity contribution in [3.8, 4) is 0 Å². The van der Waals surface area contributed by atoms with Gasteiger partial charge in [-0.2, -0.15) is 11.8 Å². The molecule has 112 valence electrons. The van der Waals surface area contributed by atoms with Gasteiger partial charge in [-0.1, -0.05) is 23.7 Å². The van der Waals surface area contributed by atoms with Crippen LogP contribution in [0.3, 0.4) is 0 Å². The van der Waals surface area contributed by atoms with E-state index in [1.807, 2.05) is 19.1 Å². The molecule has 0 aliphatic carbocycles. The monoisotopic (exact) mass is 315 g/mol. The Hall–Kier alpha value is -0.910. The minimum absolute atomic E-state index is 0.316. The van der Waals surface area contributed by atoms with E-state index in [0.29, 0.717) is 11.6 Å². The number of nitrogens with one attached hydrogen (secondary N) is 2. The van der Waals surface area contributed by atoms with E-state index in [2.05, 4.69) is 21.9 Å². The molecule has 4 nitrogen and oxygen atoms in total. The highest BCUT2D eigenvalue weighted by Crippen LogP contribution is 2.16. The standard InChI is InChI=1S/C14H22ClN3OS/c1-3-16-14(17-8-9-20-2)18-10-13(19)11-4-6-12(15)7-5-11/h4-7,13,19H,3,8-10H2,1-2H3,(H2,16,17,18). The number of hydrogen-bond donors (Lipinski definition) is 3. The first-order valence-corrected chi connectivity index (χ1v) is 8.39. The molecule has 0 aromatic heterocycles. The van der Waals surface area contributed by atoms with Gasteiger partial charge in [-0.3, -0.25) is 4.99 Å². The summed E-state index contributed by atoms with van der Waals surface area (Å²) >= 11 is 7.60. The fourth-order valence-electron chi connectivity index (χ4n) is 1.58. The molecule has 0 radical (unpaired) electrons. The highest BCUT2D eigenvalue weighted by Gasteiger charge is 2.07. The molecule has 6 heteroatoms. The van der Waals surface area contributed by atoms with E-state index in [1.165, 1.54) is 0 Å². The number of aliphatic imine (C=N–C) groups is 1. The average Bonchev–Trinajstić information content (AvgIpc) is 2.45. The van der Waals surface area contributed by atoms with Crippen molar-refractivity contribution in [1.82, 2.24) is 10.6 Å². The summed E-state index contributed by atoms with van der Waals surface area (Å²) in [5, 5.41) is 17.1. The molecule has 1 aromatic carbocycles. The lowest BCUT2D eigenvalue weighted by molar-refractivity contribution is 0.187. The van der Waals surface area contributed by atoms with Crippen molar-refractivity contribution in [3.05, 3.63) is 34.9 Å². The third kappa shape index (κ3) is 6.50. The van der Waals surface area contributed by atoms with Crippen LogP contribution in [0.15, 0.2) is 29.3 Å². The molecule has 0 aliphatic heterocycles. The maximum absolute atomic E-state index is 10.1. The smallest absolute Gasteiger partial charge is 0.191 e. The Bertz CT molecular complexity index is 411. The van der Waals surface area contributed by atoms with Crippen LogP contribution in [-0.2, 0) is 0 Å². The Morgan fingerprint density at radius 1 is 1.35 bits per heavy atom. The molecule has 0 amide bonds. The average molecular weight is 316 g/mol. The summed E-state index contributed by atoms with van der Waals surface area (Å²) in [5.74, 6) is 1.75. The normalized spacial score (nSPS) is 13.1. The van der Waals surface area contributed by atoms with Gasteiger partial charge in [0.1, 0.15) is 0 Å². The van der Waals surface area contributed by atoms with Crippen molar-refractivity contribution in [1.29, 1.82) is 0 Å². The van der Waals surface area contributed by atoms with Crippen molar-refractivity contribution >= 4 is 29.3 Å². The van der Waals surface area contributed by atoms with Crippen molar-refractivity contribution in [2.75, 3.05) is 31.6 Å². The number of aliphatic hydroxyl groups excluding tert-OH is 1. The summed E-state index contributed by atoms with van der Waals surface area (Å²) in [6.45, 7) is 3.98. The van der Waals surface area contributed by atoms with Gasteiger partial charge in [-0.25, -0.2) is 0 Å². The molecule has 0 saturated heterocycles. The topological polar surface area (TPSA) is 56.7 Å². The Kier molecular flexibility index (Phi) is 8.49. The molecule has 3 N–H and O–H groups in total. The SMILES string of the molecule is CCNC(=NCC(O)c1ccc(Cl)cc1)NCCSC. The summed E-state index contributed by atoms with van der Waals surface area (Å²) in [6.07, 6.45) is 1.44. The van der Waals surface area contributed by atoms with Crippen LogP contribution in [0, 0.1) is 0 Å². The highest BCUT2D eigenvalue weighted by atomic mass is 35.5. The van der Waals surface area contributed by atoms with Gasteiger partial charge >= 0.3 is 0 Å². The zero-order valence-corrected chi connectivity index (χ0v) is 13.5. The fraction of sp³-hybridized carbons (Fsp3) is 0.500. The van der Waals surface area contributed by atoms with Gasteiger partial charge in [0, 0.05) is 23.9 Å². The van der Waals surface area contributed by atoms with Crippen molar-refractivity contribution in [2.24, 2.45) is 4.99 Å². The molecule has 1 aromatic rings. The number of thioether (sulfide) groups is 1. The zero-order chi connectivity index (χ0) is 14.8. The van der Waals surface area contributed by atoms with Gasteiger partial charge in [-0.05, 0) is 30.9 Å². The molecule has 0 bridgehead atoms. The van der Waals surface area contributed by atoms with Crippen LogP contribution in [-0.4, -0.2) is 42.7 Å². The van der Waals surface area contributed by atoms with E-state index in [4.69, 9.17) is 11.6 Å². The van der Waals surface area contributed by atoms with Gasteiger partial charge in [0.2, 0.25) is 0 Å². The largest absolute Gasteiger partial charge is 0.386 e. The molecular weight excluding hydrogens is 294 g/mol. The minimum atomic E-state index is -0.622. The lowest BCUT2D eigenvalue weighted by atomic mass is 10.1. The van der Waals surface area contributed by atoms with Crippen LogP contribution < -0.4 is 10.6 Å². The number of aliphatic hydroxyl groups is 1. The molecule has 1 rings (SSSR count). The third-order valence-electron chi connectivity index (χ3n) is 2.62. The van der Waals surface area contributed by atoms with E-state index < -0.39 is 6.10 Å². The molecular formula is C14H22ClN3OS. The van der Waals surface area contributed by atoms with E-state index >= 15 is 0 Å². The van der Waals surface area contributed by atoms with Gasteiger partial charge < -0.3 is 15.7 Å². The maximum Gasteiger partial charge on any atom is 0.191 e. The predicted octanol–water partition coefficient (Wildman–Crippen LogP) is 2.29. The number of hydrogen-bond acceptors (Lipinski definition) is 3. The quantitative estimate of drug-likeness (QED) is 0.410. The second-order valence-corrected chi connectivity index (χ2v) is 5.63. The number of halogens is 1. The number of benzene rings is 1. The second kappa shape index (κ2) is 9.91. The molecule has 0 aliphatic rings. The van der Waals surface area contributed by atoms with E-state index in [0.717, 1.165) is 30.4 Å². The Morgan fingerprint density at radius 2 is 2.05 bits per heavy atom. The first-order valence-electron chi connectivity index (χ1n) is 6.62. The van der Waals surface area contributed by atoms with E-state index in [-0.39, 0.29) is 0 Å². The van der Waals surface area contributed by atoms with Crippen LogP contribution in [0.5, 0.6) is 0 Å². The summed E-state index contributed by atoms with van der Waals surface area (Å²) < 4.78 is 0. The molecule has 0 saturated carbocycles. The lowest BCUT2D eigenvalue weighted by Crippen LogP contribution is -2.38. The van der Waals surface area contributed by atoms with Crippen LogP contribution in [0.4, 0.5) is 0 Å². The number of nitrogens with zero attached hydrogens (tertiary/aromatic N) is 1. The summed E-state index contributed by atoms with van der Waals surface area (Å²) in [6, 6.07) is 7.17. The molecule has 0 spiro atoms. The highest BCUT2D eigenvalue weighted by molar-refractivity contribution is 7.98. The Labute approximate surface area is 130 Å². The van der Waals surface area contributed by atoms with Gasteiger partial charge in [0.25, 0.3) is 0 Å². The summed E-state index contributed by atoms with van der Waals surface area (Å²) in [4.78, 5) is 4.39. The van der Waals surface area contributed by atoms with Crippen LogP contribution in [0.25, 0.3) is 0 Å². The molecule has 0 heterocycles. The number of guanidine groups is 1. The van der Waals surface area contributed by atoms with Crippen molar-refractivity contribution in [3.63, 3.8) is 0 Å². The predicted molar refractivity (Wildman–Crippen MR) is 88.8 cm³/mol. The van der Waals surface area contributed by atoms with Gasteiger partial charge in [0.15, 0.2) is 5.96 Å². The van der Waals surface area contributed by atoms with E-state index in [9.17, 15) is 5.11 Å². The maximum atomic E-state index is 10.1. The van der Waals surface area contributed by atoms with Crippen LogP contribution in [0.1, 0.15) is 18.6 Å². The second-order valence-electron chi connectivity index (χ2n) is 4.21. The van der Waals surface area contributed by atoms with Gasteiger partial charge in [-0.15, -0.1) is 0 Å². The molecule has 20 heavy (non-hydrogen) atoms. The van der Waals surface area contributed by atoms with Crippen molar-refractivity contribution < 1.29 is 5.11 Å². The first-order chi connectivity index (χ1) is 9.67. The fourth-order valence-corrected chi connectivity index (χ4v) is 2.01. The minimum Gasteiger partial charge on any atom is -0.386 e.